The molecule has 108 valence electrons. The largest absolute Gasteiger partial charge is 0.399 e. The molecule has 1 aliphatic rings. The number of hydrogen-bond donors (Lipinski definition) is 2. The van der Waals surface area contributed by atoms with Crippen molar-refractivity contribution in [1.29, 1.82) is 0 Å². The van der Waals surface area contributed by atoms with Gasteiger partial charge in [0, 0.05) is 18.3 Å². The zero-order valence-electron chi connectivity index (χ0n) is 11.2. The molecule has 0 saturated carbocycles. The van der Waals surface area contributed by atoms with E-state index in [1.165, 1.54) is 29.5 Å². The average Bonchev–Trinajstić information content (AvgIpc) is 2.80. The van der Waals surface area contributed by atoms with E-state index in [1.807, 2.05) is 18.2 Å². The fourth-order valence-corrected chi connectivity index (χ4v) is 2.71. The van der Waals surface area contributed by atoms with Gasteiger partial charge in [-0.15, -0.1) is 24.8 Å². The van der Waals surface area contributed by atoms with Crippen molar-refractivity contribution in [2.24, 2.45) is 0 Å². The summed E-state index contributed by atoms with van der Waals surface area (Å²) in [5, 5.41) is 3.63. The highest BCUT2D eigenvalue weighted by atomic mass is 35.5. The van der Waals surface area contributed by atoms with E-state index in [1.54, 1.807) is 0 Å². The summed E-state index contributed by atoms with van der Waals surface area (Å²) >= 11 is 0. The van der Waals surface area contributed by atoms with Crippen molar-refractivity contribution in [2.75, 3.05) is 5.73 Å². The normalized spacial score (nSPS) is 15.9. The Balaban J connectivity index is 0.000001000. The number of hydrogen-bond acceptors (Lipinski definition) is 2. The fraction of sp³-hybridized carbons (Fsp3) is 0.250. The topological polar surface area (TPSA) is 38.0 Å². The maximum absolute atomic E-state index is 5.79. The van der Waals surface area contributed by atoms with E-state index < -0.39 is 0 Å². The van der Waals surface area contributed by atoms with Gasteiger partial charge in [0.25, 0.3) is 0 Å². The molecular formula is C16H20Cl2N2. The number of nitrogens with one attached hydrogen (secondary N) is 1. The van der Waals surface area contributed by atoms with Gasteiger partial charge in [-0.1, -0.05) is 36.4 Å². The quantitative estimate of drug-likeness (QED) is 0.844. The minimum atomic E-state index is 0. The van der Waals surface area contributed by atoms with Crippen LogP contribution in [0.25, 0.3) is 0 Å². The third kappa shape index (κ3) is 3.66. The fourth-order valence-electron chi connectivity index (χ4n) is 2.71. The molecule has 1 aliphatic carbocycles. The zero-order valence-corrected chi connectivity index (χ0v) is 12.8. The van der Waals surface area contributed by atoms with E-state index in [-0.39, 0.29) is 24.8 Å². The van der Waals surface area contributed by atoms with Gasteiger partial charge in [-0.25, -0.2) is 0 Å². The molecule has 0 aliphatic heterocycles. The summed E-state index contributed by atoms with van der Waals surface area (Å²) in [7, 11) is 0. The van der Waals surface area contributed by atoms with Crippen LogP contribution in [0, 0.1) is 0 Å². The Morgan fingerprint density at radius 1 is 1.05 bits per heavy atom. The van der Waals surface area contributed by atoms with Crippen molar-refractivity contribution < 1.29 is 0 Å². The van der Waals surface area contributed by atoms with Gasteiger partial charge in [0.1, 0.15) is 0 Å². The molecule has 0 bridgehead atoms. The van der Waals surface area contributed by atoms with Crippen molar-refractivity contribution in [3.05, 3.63) is 65.2 Å². The van der Waals surface area contributed by atoms with Crippen LogP contribution in [0.5, 0.6) is 0 Å². The molecule has 3 N–H and O–H groups in total. The van der Waals surface area contributed by atoms with Gasteiger partial charge in [-0.2, -0.15) is 0 Å². The molecule has 0 saturated heterocycles. The SMILES string of the molecule is Cl.Cl.Nc1cccc(CNC2CCc3ccccc32)c1. The third-order valence-electron chi connectivity index (χ3n) is 3.64. The molecule has 2 aromatic carbocycles. The highest BCUT2D eigenvalue weighted by Gasteiger charge is 2.20. The maximum atomic E-state index is 5.79. The van der Waals surface area contributed by atoms with E-state index in [0.717, 1.165) is 12.2 Å². The molecule has 2 aromatic rings. The van der Waals surface area contributed by atoms with Gasteiger partial charge < -0.3 is 11.1 Å². The number of nitrogen functional groups attached to an aromatic ring is 1. The van der Waals surface area contributed by atoms with Crippen LogP contribution in [-0.2, 0) is 13.0 Å². The molecule has 1 atom stereocenters. The number of benzene rings is 2. The summed E-state index contributed by atoms with van der Waals surface area (Å²) in [5.74, 6) is 0. The van der Waals surface area contributed by atoms with Crippen LogP contribution in [0.2, 0.25) is 0 Å². The average molecular weight is 311 g/mol. The predicted molar refractivity (Wildman–Crippen MR) is 89.7 cm³/mol. The van der Waals surface area contributed by atoms with Crippen LogP contribution < -0.4 is 11.1 Å². The molecule has 20 heavy (non-hydrogen) atoms. The molecule has 0 radical (unpaired) electrons. The molecule has 3 rings (SSSR count). The first-order valence-corrected chi connectivity index (χ1v) is 6.48. The van der Waals surface area contributed by atoms with E-state index in [9.17, 15) is 0 Å². The lowest BCUT2D eigenvalue weighted by molar-refractivity contribution is 0.530. The number of aryl methyl sites for hydroxylation is 1. The molecule has 2 nitrogen and oxygen atoms in total. The Morgan fingerprint density at radius 3 is 2.65 bits per heavy atom. The Hall–Kier alpha value is -1.22. The van der Waals surface area contributed by atoms with Gasteiger partial charge >= 0.3 is 0 Å². The first-order valence-electron chi connectivity index (χ1n) is 6.48. The molecule has 4 heteroatoms. The molecular weight excluding hydrogens is 291 g/mol. The van der Waals surface area contributed by atoms with Crippen molar-refractivity contribution in [1.82, 2.24) is 5.32 Å². The summed E-state index contributed by atoms with van der Waals surface area (Å²) < 4.78 is 0. The first-order chi connectivity index (χ1) is 8.83. The van der Waals surface area contributed by atoms with E-state index in [2.05, 4.69) is 35.6 Å². The number of halogens is 2. The van der Waals surface area contributed by atoms with Gasteiger partial charge in [-0.3, -0.25) is 0 Å². The zero-order chi connectivity index (χ0) is 12.4. The Kier molecular flexibility index (Phi) is 6.34. The maximum Gasteiger partial charge on any atom is 0.0329 e. The minimum absolute atomic E-state index is 0. The monoisotopic (exact) mass is 310 g/mol. The summed E-state index contributed by atoms with van der Waals surface area (Å²) in [5.41, 5.74) is 10.8. The number of anilines is 1. The Labute approximate surface area is 132 Å². The summed E-state index contributed by atoms with van der Waals surface area (Å²) in [6, 6.07) is 17.3. The first kappa shape index (κ1) is 16.8. The van der Waals surface area contributed by atoms with E-state index in [4.69, 9.17) is 5.73 Å². The van der Waals surface area contributed by atoms with Gasteiger partial charge in [0.15, 0.2) is 0 Å². The summed E-state index contributed by atoms with van der Waals surface area (Å²) in [6.07, 6.45) is 2.38. The van der Waals surface area contributed by atoms with Crippen LogP contribution >= 0.6 is 24.8 Å². The van der Waals surface area contributed by atoms with Crippen molar-refractivity contribution in [3.63, 3.8) is 0 Å². The minimum Gasteiger partial charge on any atom is -0.399 e. The Morgan fingerprint density at radius 2 is 1.85 bits per heavy atom. The van der Waals surface area contributed by atoms with Gasteiger partial charge in [0.05, 0.1) is 0 Å². The summed E-state index contributed by atoms with van der Waals surface area (Å²) in [4.78, 5) is 0. The predicted octanol–water partition coefficient (Wildman–Crippen LogP) is 3.89. The second-order valence-electron chi connectivity index (χ2n) is 4.92. The number of nitrogens with two attached hydrogens (primary N) is 1. The molecule has 0 fully saturated rings. The third-order valence-corrected chi connectivity index (χ3v) is 3.64. The smallest absolute Gasteiger partial charge is 0.0329 e. The van der Waals surface area contributed by atoms with Crippen molar-refractivity contribution in [3.8, 4) is 0 Å². The van der Waals surface area contributed by atoms with Crippen molar-refractivity contribution >= 4 is 30.5 Å². The van der Waals surface area contributed by atoms with Crippen LogP contribution in [0.1, 0.15) is 29.2 Å². The highest BCUT2D eigenvalue weighted by molar-refractivity contribution is 5.85. The molecule has 0 heterocycles. The Bertz CT molecular complexity index is 558. The van der Waals surface area contributed by atoms with Crippen LogP contribution in [0.4, 0.5) is 5.69 Å². The van der Waals surface area contributed by atoms with Crippen LogP contribution in [0.3, 0.4) is 0 Å². The second-order valence-corrected chi connectivity index (χ2v) is 4.92. The highest BCUT2D eigenvalue weighted by Crippen LogP contribution is 2.30. The second kappa shape index (κ2) is 7.53. The molecule has 0 aromatic heterocycles. The lowest BCUT2D eigenvalue weighted by atomic mass is 10.1. The van der Waals surface area contributed by atoms with E-state index in [0.29, 0.717) is 6.04 Å². The number of fused-ring (bicyclic) bond motifs is 1. The molecule has 0 spiro atoms. The molecule has 1 unspecified atom stereocenters. The lowest BCUT2D eigenvalue weighted by Gasteiger charge is -2.14. The van der Waals surface area contributed by atoms with Gasteiger partial charge in [-0.05, 0) is 41.7 Å². The molecule has 0 amide bonds. The van der Waals surface area contributed by atoms with Crippen molar-refractivity contribution in [2.45, 2.75) is 25.4 Å². The van der Waals surface area contributed by atoms with E-state index >= 15 is 0 Å². The van der Waals surface area contributed by atoms with Crippen LogP contribution in [-0.4, -0.2) is 0 Å². The van der Waals surface area contributed by atoms with Crippen LogP contribution in [0.15, 0.2) is 48.5 Å². The van der Waals surface area contributed by atoms with Gasteiger partial charge in [0.2, 0.25) is 0 Å². The summed E-state index contributed by atoms with van der Waals surface area (Å²) in [6.45, 7) is 0.879. The standard InChI is InChI=1S/C16H18N2.2ClH/c17-14-6-3-4-12(10-14)11-18-16-9-8-13-5-1-2-7-15(13)16;;/h1-7,10,16,18H,8-9,11,17H2;2*1H. The number of rotatable bonds is 3. The lowest BCUT2D eigenvalue weighted by Crippen LogP contribution is -2.18.